The number of benzene rings is 1. The predicted octanol–water partition coefficient (Wildman–Crippen LogP) is 2.03. The van der Waals surface area contributed by atoms with E-state index in [1.807, 2.05) is 18.2 Å². The molecule has 0 unspecified atom stereocenters. The number of halogens is 1. The minimum absolute atomic E-state index is 0.242. The van der Waals surface area contributed by atoms with Gasteiger partial charge in [0.15, 0.2) is 0 Å². The SMILES string of the molecule is O=c1[nH]nc(Cl)cc1-c1ccc2c(c1)CCO2. The molecular weight excluding hydrogens is 240 g/mol. The van der Waals surface area contributed by atoms with Gasteiger partial charge in [0.05, 0.1) is 12.2 Å². The molecule has 0 spiro atoms. The van der Waals surface area contributed by atoms with Crippen LogP contribution in [0.1, 0.15) is 5.56 Å². The number of fused-ring (bicyclic) bond motifs is 1. The van der Waals surface area contributed by atoms with Crippen LogP contribution in [0.3, 0.4) is 0 Å². The molecule has 0 bridgehead atoms. The Morgan fingerprint density at radius 3 is 3.12 bits per heavy atom. The van der Waals surface area contributed by atoms with Crippen molar-refractivity contribution in [1.29, 1.82) is 0 Å². The molecule has 0 radical (unpaired) electrons. The van der Waals surface area contributed by atoms with E-state index >= 15 is 0 Å². The van der Waals surface area contributed by atoms with Crippen LogP contribution >= 0.6 is 11.6 Å². The van der Waals surface area contributed by atoms with Crippen molar-refractivity contribution in [1.82, 2.24) is 10.2 Å². The van der Waals surface area contributed by atoms with E-state index in [2.05, 4.69) is 10.2 Å². The second-order valence-corrected chi connectivity index (χ2v) is 4.24. The maximum absolute atomic E-state index is 11.7. The summed E-state index contributed by atoms with van der Waals surface area (Å²) in [5.41, 5.74) is 2.24. The van der Waals surface area contributed by atoms with Crippen molar-refractivity contribution in [2.75, 3.05) is 6.61 Å². The lowest BCUT2D eigenvalue weighted by Crippen LogP contribution is -2.10. The van der Waals surface area contributed by atoms with E-state index in [4.69, 9.17) is 16.3 Å². The lowest BCUT2D eigenvalue weighted by molar-refractivity contribution is 0.357. The molecule has 17 heavy (non-hydrogen) atoms. The summed E-state index contributed by atoms with van der Waals surface area (Å²) in [7, 11) is 0. The topological polar surface area (TPSA) is 55.0 Å². The Labute approximate surface area is 102 Å². The molecule has 4 nitrogen and oxygen atoms in total. The van der Waals surface area contributed by atoms with E-state index < -0.39 is 0 Å². The van der Waals surface area contributed by atoms with E-state index in [0.717, 1.165) is 23.3 Å². The minimum atomic E-state index is -0.242. The molecule has 0 atom stereocenters. The van der Waals surface area contributed by atoms with Gasteiger partial charge in [-0.3, -0.25) is 4.79 Å². The first-order valence-corrected chi connectivity index (χ1v) is 5.63. The Balaban J connectivity index is 2.15. The smallest absolute Gasteiger partial charge is 0.272 e. The third-order valence-corrected chi connectivity index (χ3v) is 2.97. The Hall–Kier alpha value is -1.81. The van der Waals surface area contributed by atoms with Crippen LogP contribution in [0.15, 0.2) is 29.1 Å². The van der Waals surface area contributed by atoms with Gasteiger partial charge in [0.25, 0.3) is 5.56 Å². The first kappa shape index (κ1) is 10.4. The average Bonchev–Trinajstić information content (AvgIpc) is 2.79. The van der Waals surface area contributed by atoms with Crippen molar-refractivity contribution in [3.63, 3.8) is 0 Å². The minimum Gasteiger partial charge on any atom is -0.493 e. The largest absolute Gasteiger partial charge is 0.493 e. The van der Waals surface area contributed by atoms with Gasteiger partial charge in [0.2, 0.25) is 0 Å². The van der Waals surface area contributed by atoms with Crippen molar-refractivity contribution in [2.45, 2.75) is 6.42 Å². The average molecular weight is 249 g/mol. The molecule has 3 rings (SSSR count). The highest BCUT2D eigenvalue weighted by Crippen LogP contribution is 2.29. The third kappa shape index (κ3) is 1.80. The van der Waals surface area contributed by atoms with Gasteiger partial charge in [-0.15, -0.1) is 0 Å². The zero-order valence-electron chi connectivity index (χ0n) is 8.87. The Morgan fingerprint density at radius 1 is 1.35 bits per heavy atom. The highest BCUT2D eigenvalue weighted by atomic mass is 35.5. The second kappa shape index (κ2) is 3.89. The molecule has 0 saturated heterocycles. The molecule has 1 aliphatic heterocycles. The van der Waals surface area contributed by atoms with Crippen LogP contribution in [-0.2, 0) is 6.42 Å². The first-order valence-electron chi connectivity index (χ1n) is 5.25. The predicted molar refractivity (Wildman–Crippen MR) is 64.5 cm³/mol. The third-order valence-electron chi connectivity index (χ3n) is 2.77. The molecule has 0 amide bonds. The van der Waals surface area contributed by atoms with Crippen LogP contribution in [0, 0.1) is 0 Å². The van der Waals surface area contributed by atoms with E-state index in [-0.39, 0.29) is 10.7 Å². The van der Waals surface area contributed by atoms with Crippen molar-refractivity contribution in [3.8, 4) is 16.9 Å². The summed E-state index contributed by atoms with van der Waals surface area (Å²) in [5.74, 6) is 0.894. The maximum atomic E-state index is 11.7. The number of H-pyrrole nitrogens is 1. The zero-order chi connectivity index (χ0) is 11.8. The summed E-state index contributed by atoms with van der Waals surface area (Å²) in [5, 5.41) is 6.28. The Kier molecular flexibility index (Phi) is 2.37. The van der Waals surface area contributed by atoms with Crippen LogP contribution < -0.4 is 10.3 Å². The van der Waals surface area contributed by atoms with E-state index in [1.54, 1.807) is 6.07 Å². The summed E-state index contributed by atoms with van der Waals surface area (Å²) in [6, 6.07) is 7.26. The summed E-state index contributed by atoms with van der Waals surface area (Å²) >= 11 is 5.78. The molecule has 0 fully saturated rings. The Morgan fingerprint density at radius 2 is 2.24 bits per heavy atom. The summed E-state index contributed by atoms with van der Waals surface area (Å²) in [4.78, 5) is 11.7. The molecule has 1 aromatic heterocycles. The fourth-order valence-corrected chi connectivity index (χ4v) is 2.10. The number of nitrogens with zero attached hydrogens (tertiary/aromatic N) is 1. The first-order chi connectivity index (χ1) is 8.24. The number of aromatic amines is 1. The molecule has 1 aliphatic rings. The van der Waals surface area contributed by atoms with E-state index in [1.165, 1.54) is 0 Å². The molecule has 0 aliphatic carbocycles. The van der Waals surface area contributed by atoms with Gasteiger partial charge >= 0.3 is 0 Å². The van der Waals surface area contributed by atoms with Crippen molar-refractivity contribution in [2.24, 2.45) is 0 Å². The van der Waals surface area contributed by atoms with Crippen LogP contribution in [0.5, 0.6) is 5.75 Å². The Bertz CT molecular complexity index is 637. The molecule has 2 aromatic rings. The molecule has 1 aromatic carbocycles. The standard InChI is InChI=1S/C12H9ClN2O2/c13-11-6-9(12(16)15-14-11)7-1-2-10-8(5-7)3-4-17-10/h1-2,5-6H,3-4H2,(H,15,16). The van der Waals surface area contributed by atoms with Crippen molar-refractivity contribution < 1.29 is 4.74 Å². The normalized spacial score (nSPS) is 13.2. The summed E-state index contributed by atoms with van der Waals surface area (Å²) in [6.45, 7) is 0.701. The highest BCUT2D eigenvalue weighted by molar-refractivity contribution is 6.29. The van der Waals surface area contributed by atoms with E-state index in [9.17, 15) is 4.79 Å². The van der Waals surface area contributed by atoms with Gasteiger partial charge in [-0.1, -0.05) is 17.7 Å². The number of ether oxygens (including phenoxy) is 1. The quantitative estimate of drug-likeness (QED) is 0.840. The van der Waals surface area contributed by atoms with Gasteiger partial charge in [-0.2, -0.15) is 5.10 Å². The molecule has 2 heterocycles. The fraction of sp³-hybridized carbons (Fsp3) is 0.167. The lowest BCUT2D eigenvalue weighted by Gasteiger charge is -2.03. The molecule has 1 N–H and O–H groups in total. The molecular formula is C12H9ClN2O2. The van der Waals surface area contributed by atoms with Crippen LogP contribution in [0.25, 0.3) is 11.1 Å². The van der Waals surface area contributed by atoms with Crippen molar-refractivity contribution >= 4 is 11.6 Å². The van der Waals surface area contributed by atoms with Gasteiger partial charge in [0, 0.05) is 6.42 Å². The summed E-state index contributed by atoms with van der Waals surface area (Å²) in [6.07, 6.45) is 0.875. The number of hydrogen-bond donors (Lipinski definition) is 1. The van der Waals surface area contributed by atoms with Gasteiger partial charge < -0.3 is 4.74 Å². The monoisotopic (exact) mass is 248 g/mol. The fourth-order valence-electron chi connectivity index (χ4n) is 1.95. The molecule has 0 saturated carbocycles. The number of hydrogen-bond acceptors (Lipinski definition) is 3. The molecule has 86 valence electrons. The van der Waals surface area contributed by atoms with Crippen molar-refractivity contribution in [3.05, 3.63) is 45.3 Å². The van der Waals surface area contributed by atoms with Gasteiger partial charge in [-0.25, -0.2) is 5.10 Å². The lowest BCUT2D eigenvalue weighted by atomic mass is 10.0. The molecule has 5 heteroatoms. The van der Waals surface area contributed by atoms with Gasteiger partial charge in [0.1, 0.15) is 10.9 Å². The second-order valence-electron chi connectivity index (χ2n) is 3.85. The summed E-state index contributed by atoms with van der Waals surface area (Å²) < 4.78 is 5.42. The number of aromatic nitrogens is 2. The van der Waals surface area contributed by atoms with E-state index in [0.29, 0.717) is 12.2 Å². The van der Waals surface area contributed by atoms with Gasteiger partial charge in [-0.05, 0) is 29.3 Å². The number of rotatable bonds is 1. The van der Waals surface area contributed by atoms with Crippen LogP contribution in [0.2, 0.25) is 5.15 Å². The van der Waals surface area contributed by atoms with Crippen LogP contribution in [0.4, 0.5) is 0 Å². The highest BCUT2D eigenvalue weighted by Gasteiger charge is 2.14. The van der Waals surface area contributed by atoms with Crippen LogP contribution in [-0.4, -0.2) is 16.8 Å². The maximum Gasteiger partial charge on any atom is 0.272 e. The zero-order valence-corrected chi connectivity index (χ0v) is 9.62. The number of nitrogens with one attached hydrogen (secondary N) is 1.